The molecule has 1 atom stereocenters. The zero-order chi connectivity index (χ0) is 15.2. The minimum atomic E-state index is -0.514. The molecule has 0 radical (unpaired) electrons. The summed E-state index contributed by atoms with van der Waals surface area (Å²) < 4.78 is 0. The number of rotatable bonds is 4. The maximum absolute atomic E-state index is 11.9. The van der Waals surface area contributed by atoms with E-state index in [-0.39, 0.29) is 11.7 Å². The summed E-state index contributed by atoms with van der Waals surface area (Å²) in [6.45, 7) is 1.80. The summed E-state index contributed by atoms with van der Waals surface area (Å²) in [4.78, 5) is 26.2. The molecule has 1 aromatic carbocycles. The number of nitro groups is 1. The van der Waals surface area contributed by atoms with Gasteiger partial charge in [-0.05, 0) is 25.1 Å². The Hall–Kier alpha value is -2.96. The Morgan fingerprint density at radius 3 is 2.76 bits per heavy atom. The van der Waals surface area contributed by atoms with Crippen LogP contribution in [0.25, 0.3) is 0 Å². The van der Waals surface area contributed by atoms with Gasteiger partial charge in [0.15, 0.2) is 0 Å². The van der Waals surface area contributed by atoms with Gasteiger partial charge in [0.1, 0.15) is 0 Å². The number of nitrogens with zero attached hydrogens (tertiary/aromatic N) is 2. The second kappa shape index (κ2) is 6.47. The third-order valence-corrected chi connectivity index (χ3v) is 2.79. The number of carbonyl (C=O) groups excluding carboxylic acids is 1. The molecule has 2 rings (SSSR count). The Labute approximate surface area is 121 Å². The number of nitro benzene ring substituents is 1. The van der Waals surface area contributed by atoms with Gasteiger partial charge in [-0.2, -0.15) is 0 Å². The first kappa shape index (κ1) is 14.4. The molecule has 1 unspecified atom stereocenters. The van der Waals surface area contributed by atoms with E-state index in [0.717, 1.165) is 5.69 Å². The van der Waals surface area contributed by atoms with Crippen LogP contribution < -0.4 is 10.6 Å². The van der Waals surface area contributed by atoms with Gasteiger partial charge < -0.3 is 10.6 Å². The number of pyridine rings is 1. The molecule has 0 saturated heterocycles. The molecule has 0 saturated carbocycles. The largest absolute Gasteiger partial charge is 0.330 e. The third kappa shape index (κ3) is 4.00. The van der Waals surface area contributed by atoms with Gasteiger partial charge in [-0.1, -0.05) is 12.1 Å². The molecular formula is C14H14N4O3. The molecule has 108 valence electrons. The Morgan fingerprint density at radius 2 is 2.10 bits per heavy atom. The molecule has 7 nitrogen and oxygen atoms in total. The van der Waals surface area contributed by atoms with Crippen molar-refractivity contribution in [2.75, 3.05) is 5.32 Å². The second-order valence-corrected chi connectivity index (χ2v) is 4.38. The van der Waals surface area contributed by atoms with Gasteiger partial charge in [0, 0.05) is 24.0 Å². The monoisotopic (exact) mass is 286 g/mol. The topological polar surface area (TPSA) is 97.2 Å². The number of hydrogen-bond donors (Lipinski definition) is 2. The van der Waals surface area contributed by atoms with E-state index in [2.05, 4.69) is 15.6 Å². The van der Waals surface area contributed by atoms with Crippen molar-refractivity contribution in [1.82, 2.24) is 10.3 Å². The lowest BCUT2D eigenvalue weighted by Crippen LogP contribution is -2.31. The molecule has 7 heteroatoms. The summed E-state index contributed by atoms with van der Waals surface area (Å²) in [5.41, 5.74) is 1.01. The number of hydrogen-bond acceptors (Lipinski definition) is 4. The Morgan fingerprint density at radius 1 is 1.29 bits per heavy atom. The van der Waals surface area contributed by atoms with Crippen molar-refractivity contribution in [2.24, 2.45) is 0 Å². The van der Waals surface area contributed by atoms with Gasteiger partial charge >= 0.3 is 6.03 Å². The highest BCUT2D eigenvalue weighted by Crippen LogP contribution is 2.17. The van der Waals surface area contributed by atoms with E-state index in [4.69, 9.17) is 0 Å². The molecule has 1 aromatic heterocycles. The number of urea groups is 1. The van der Waals surface area contributed by atoms with Crippen LogP contribution in [0.3, 0.4) is 0 Å². The summed E-state index contributed by atoms with van der Waals surface area (Å²) in [5, 5.41) is 15.9. The Bertz CT molecular complexity index is 646. The van der Waals surface area contributed by atoms with Gasteiger partial charge in [0.2, 0.25) is 0 Å². The SMILES string of the molecule is CC(NC(=O)Nc1cccc([N+](=O)[O-])c1)c1ccccn1. The molecule has 2 aromatic rings. The van der Waals surface area contributed by atoms with Crippen LogP contribution in [0.15, 0.2) is 48.7 Å². The number of benzene rings is 1. The lowest BCUT2D eigenvalue weighted by atomic mass is 10.2. The summed E-state index contributed by atoms with van der Waals surface area (Å²) >= 11 is 0. The molecule has 0 fully saturated rings. The molecule has 2 amide bonds. The first-order chi connectivity index (χ1) is 10.1. The average Bonchev–Trinajstić information content (AvgIpc) is 2.48. The summed E-state index contributed by atoms with van der Waals surface area (Å²) in [7, 11) is 0. The minimum Gasteiger partial charge on any atom is -0.330 e. The van der Waals surface area contributed by atoms with Gasteiger partial charge in [0.05, 0.1) is 16.7 Å². The summed E-state index contributed by atoms with van der Waals surface area (Å²) in [5.74, 6) is 0. The van der Waals surface area contributed by atoms with Crippen LogP contribution in [0.5, 0.6) is 0 Å². The van der Waals surface area contributed by atoms with E-state index in [1.165, 1.54) is 18.2 Å². The molecule has 0 aliphatic rings. The molecule has 0 aliphatic carbocycles. The fourth-order valence-corrected chi connectivity index (χ4v) is 1.77. The number of aromatic nitrogens is 1. The van der Waals surface area contributed by atoms with E-state index < -0.39 is 11.0 Å². The van der Waals surface area contributed by atoms with Crippen LogP contribution in [-0.2, 0) is 0 Å². The van der Waals surface area contributed by atoms with Crippen LogP contribution in [0, 0.1) is 10.1 Å². The first-order valence-corrected chi connectivity index (χ1v) is 6.29. The maximum Gasteiger partial charge on any atom is 0.319 e. The normalized spacial score (nSPS) is 11.5. The van der Waals surface area contributed by atoms with Crippen molar-refractivity contribution in [3.05, 3.63) is 64.5 Å². The van der Waals surface area contributed by atoms with Crippen LogP contribution in [-0.4, -0.2) is 15.9 Å². The average molecular weight is 286 g/mol. The number of non-ortho nitro benzene ring substituents is 1. The number of amides is 2. The highest BCUT2D eigenvalue weighted by molar-refractivity contribution is 5.89. The zero-order valence-electron chi connectivity index (χ0n) is 11.3. The standard InChI is InChI=1S/C14H14N4O3/c1-10(13-7-2-3-8-15-13)16-14(19)17-11-5-4-6-12(9-11)18(20)21/h2-10H,1H3,(H2,16,17,19). The summed E-state index contributed by atoms with van der Waals surface area (Å²) in [6, 6.07) is 10.5. The fourth-order valence-electron chi connectivity index (χ4n) is 1.77. The fraction of sp³-hybridized carbons (Fsp3) is 0.143. The number of nitrogens with one attached hydrogen (secondary N) is 2. The third-order valence-electron chi connectivity index (χ3n) is 2.79. The second-order valence-electron chi connectivity index (χ2n) is 4.38. The van der Waals surface area contributed by atoms with E-state index >= 15 is 0 Å². The van der Waals surface area contributed by atoms with Crippen molar-refractivity contribution in [1.29, 1.82) is 0 Å². The van der Waals surface area contributed by atoms with Crippen molar-refractivity contribution in [3.8, 4) is 0 Å². The molecular weight excluding hydrogens is 272 g/mol. The molecule has 21 heavy (non-hydrogen) atoms. The van der Waals surface area contributed by atoms with E-state index in [1.807, 2.05) is 6.07 Å². The zero-order valence-corrected chi connectivity index (χ0v) is 11.3. The quantitative estimate of drug-likeness (QED) is 0.667. The highest BCUT2D eigenvalue weighted by Gasteiger charge is 2.11. The van der Waals surface area contributed by atoms with Crippen LogP contribution in [0.1, 0.15) is 18.7 Å². The van der Waals surface area contributed by atoms with Gasteiger partial charge in [-0.25, -0.2) is 4.79 Å². The van der Waals surface area contributed by atoms with E-state index in [9.17, 15) is 14.9 Å². The van der Waals surface area contributed by atoms with Gasteiger partial charge in [-0.15, -0.1) is 0 Å². The minimum absolute atomic E-state index is 0.0782. The molecule has 0 spiro atoms. The molecule has 2 N–H and O–H groups in total. The van der Waals surface area contributed by atoms with Crippen molar-refractivity contribution in [2.45, 2.75) is 13.0 Å². The maximum atomic E-state index is 11.9. The van der Waals surface area contributed by atoms with Gasteiger partial charge in [0.25, 0.3) is 5.69 Å². The highest BCUT2D eigenvalue weighted by atomic mass is 16.6. The van der Waals surface area contributed by atoms with Crippen LogP contribution in [0.2, 0.25) is 0 Å². The Kier molecular flexibility index (Phi) is 4.45. The van der Waals surface area contributed by atoms with E-state index in [1.54, 1.807) is 31.3 Å². The number of carbonyl (C=O) groups is 1. The smallest absolute Gasteiger partial charge is 0.319 e. The summed E-state index contributed by atoms with van der Waals surface area (Å²) in [6.07, 6.45) is 1.64. The predicted octanol–water partition coefficient (Wildman–Crippen LogP) is 2.87. The van der Waals surface area contributed by atoms with Crippen LogP contribution in [0.4, 0.5) is 16.2 Å². The predicted molar refractivity (Wildman–Crippen MR) is 77.9 cm³/mol. The Balaban J connectivity index is 1.99. The number of anilines is 1. The van der Waals surface area contributed by atoms with Crippen molar-refractivity contribution < 1.29 is 9.72 Å². The molecule has 0 aliphatic heterocycles. The van der Waals surface area contributed by atoms with Crippen LogP contribution >= 0.6 is 0 Å². The van der Waals surface area contributed by atoms with E-state index in [0.29, 0.717) is 5.69 Å². The van der Waals surface area contributed by atoms with Gasteiger partial charge in [-0.3, -0.25) is 15.1 Å². The van der Waals surface area contributed by atoms with Crippen molar-refractivity contribution >= 4 is 17.4 Å². The van der Waals surface area contributed by atoms with Crippen molar-refractivity contribution in [3.63, 3.8) is 0 Å². The lowest BCUT2D eigenvalue weighted by molar-refractivity contribution is -0.384. The molecule has 1 heterocycles. The lowest BCUT2D eigenvalue weighted by Gasteiger charge is -2.14. The molecule has 0 bridgehead atoms. The first-order valence-electron chi connectivity index (χ1n) is 6.29.